The van der Waals surface area contributed by atoms with Crippen molar-refractivity contribution in [2.45, 2.75) is 19.9 Å². The van der Waals surface area contributed by atoms with Crippen LogP contribution in [-0.2, 0) is 4.79 Å². The number of hydrogen-bond donors (Lipinski definition) is 2. The molecular weight excluding hydrogens is 260 g/mol. The van der Waals surface area contributed by atoms with E-state index in [-0.39, 0.29) is 11.9 Å². The minimum Gasteiger partial charge on any atom is -0.453 e. The van der Waals surface area contributed by atoms with Crippen LogP contribution in [-0.4, -0.2) is 19.0 Å². The van der Waals surface area contributed by atoms with Crippen LogP contribution in [0, 0.1) is 0 Å². The van der Waals surface area contributed by atoms with Crippen LogP contribution in [0.3, 0.4) is 0 Å². The molecule has 84 valence electrons. The maximum absolute atomic E-state index is 11.2. The second-order valence-electron chi connectivity index (χ2n) is 3.20. The number of carbonyl (C=O) groups is 1. The number of amides is 1. The van der Waals surface area contributed by atoms with Crippen molar-refractivity contribution in [3.8, 4) is 0 Å². The highest BCUT2D eigenvalue weighted by Crippen LogP contribution is 2.19. The lowest BCUT2D eigenvalue weighted by Gasteiger charge is -2.10. The van der Waals surface area contributed by atoms with Gasteiger partial charge >= 0.3 is 0 Å². The summed E-state index contributed by atoms with van der Waals surface area (Å²) in [6.07, 6.45) is 0. The van der Waals surface area contributed by atoms with Crippen LogP contribution in [0.15, 0.2) is 21.2 Å². The summed E-state index contributed by atoms with van der Waals surface area (Å²) in [4.78, 5) is 11.2. The van der Waals surface area contributed by atoms with Crippen molar-refractivity contribution in [2.24, 2.45) is 0 Å². The van der Waals surface area contributed by atoms with Gasteiger partial charge in [0.15, 0.2) is 4.67 Å². The van der Waals surface area contributed by atoms with E-state index in [1.54, 1.807) is 0 Å². The number of rotatable bonds is 5. The molecule has 1 heterocycles. The third kappa shape index (κ3) is 4.05. The Hall–Kier alpha value is -0.810. The molecule has 1 atom stereocenters. The molecule has 0 saturated carbocycles. The average Bonchev–Trinajstić information content (AvgIpc) is 2.62. The Balaban J connectivity index is 2.36. The van der Waals surface area contributed by atoms with Crippen molar-refractivity contribution >= 4 is 21.8 Å². The standard InChI is InChI=1S/C10H15BrN2O2/c1-3-12-10(14)6-13-7(2)8-4-5-9(11)15-8/h4-5,7,13H,3,6H2,1-2H3,(H,12,14). The van der Waals surface area contributed by atoms with Crippen LogP contribution < -0.4 is 10.6 Å². The normalized spacial score (nSPS) is 12.5. The van der Waals surface area contributed by atoms with E-state index in [2.05, 4.69) is 26.6 Å². The summed E-state index contributed by atoms with van der Waals surface area (Å²) in [7, 11) is 0. The molecule has 0 radical (unpaired) electrons. The molecule has 1 unspecified atom stereocenters. The highest BCUT2D eigenvalue weighted by molar-refractivity contribution is 9.10. The maximum atomic E-state index is 11.2. The van der Waals surface area contributed by atoms with Crippen LogP contribution in [0.4, 0.5) is 0 Å². The zero-order valence-corrected chi connectivity index (χ0v) is 10.4. The summed E-state index contributed by atoms with van der Waals surface area (Å²) < 4.78 is 6.06. The van der Waals surface area contributed by atoms with Crippen LogP contribution >= 0.6 is 15.9 Å². The van der Waals surface area contributed by atoms with Gasteiger partial charge in [-0.1, -0.05) is 0 Å². The molecule has 4 nitrogen and oxygen atoms in total. The molecule has 0 saturated heterocycles. The van der Waals surface area contributed by atoms with Gasteiger partial charge < -0.3 is 9.73 Å². The van der Waals surface area contributed by atoms with Crippen molar-refractivity contribution in [2.75, 3.05) is 13.1 Å². The third-order valence-corrected chi connectivity index (χ3v) is 2.39. The first-order chi connectivity index (χ1) is 7.13. The zero-order chi connectivity index (χ0) is 11.3. The Morgan fingerprint density at radius 2 is 2.33 bits per heavy atom. The lowest BCUT2D eigenvalue weighted by atomic mass is 10.2. The Kier molecular flexibility index (Phi) is 4.84. The second-order valence-corrected chi connectivity index (χ2v) is 3.98. The van der Waals surface area contributed by atoms with Gasteiger partial charge in [-0.3, -0.25) is 10.1 Å². The van der Waals surface area contributed by atoms with Gasteiger partial charge in [0.25, 0.3) is 0 Å². The van der Waals surface area contributed by atoms with Crippen molar-refractivity contribution in [1.29, 1.82) is 0 Å². The largest absolute Gasteiger partial charge is 0.453 e. The quantitative estimate of drug-likeness (QED) is 0.862. The van der Waals surface area contributed by atoms with Crippen molar-refractivity contribution in [3.63, 3.8) is 0 Å². The monoisotopic (exact) mass is 274 g/mol. The average molecular weight is 275 g/mol. The van der Waals surface area contributed by atoms with Crippen molar-refractivity contribution in [3.05, 3.63) is 22.6 Å². The molecule has 0 aliphatic heterocycles. The summed E-state index contributed by atoms with van der Waals surface area (Å²) >= 11 is 3.23. The maximum Gasteiger partial charge on any atom is 0.233 e. The molecule has 1 amide bonds. The van der Waals surface area contributed by atoms with Gasteiger partial charge in [-0.25, -0.2) is 0 Å². The highest BCUT2D eigenvalue weighted by atomic mass is 79.9. The molecular formula is C10H15BrN2O2. The minimum atomic E-state index is -0.00466. The van der Waals surface area contributed by atoms with Gasteiger partial charge in [-0.15, -0.1) is 0 Å². The Labute approximate surface area is 97.5 Å². The molecule has 2 N–H and O–H groups in total. The molecule has 0 aliphatic rings. The molecule has 1 rings (SSSR count). The van der Waals surface area contributed by atoms with Crippen molar-refractivity contribution < 1.29 is 9.21 Å². The molecule has 0 spiro atoms. The smallest absolute Gasteiger partial charge is 0.233 e. The van der Waals surface area contributed by atoms with E-state index in [1.807, 2.05) is 26.0 Å². The molecule has 0 aromatic carbocycles. The molecule has 15 heavy (non-hydrogen) atoms. The molecule has 5 heteroatoms. The van der Waals surface area contributed by atoms with Gasteiger partial charge in [-0.2, -0.15) is 0 Å². The fourth-order valence-corrected chi connectivity index (χ4v) is 1.49. The van der Waals surface area contributed by atoms with E-state index in [1.165, 1.54) is 0 Å². The minimum absolute atomic E-state index is 0.00466. The Bertz CT molecular complexity index is 325. The van der Waals surface area contributed by atoms with Gasteiger partial charge in [0.1, 0.15) is 5.76 Å². The van der Waals surface area contributed by atoms with Gasteiger partial charge in [0, 0.05) is 6.54 Å². The van der Waals surface area contributed by atoms with E-state index < -0.39 is 0 Å². The fourth-order valence-electron chi connectivity index (χ4n) is 1.17. The third-order valence-electron chi connectivity index (χ3n) is 1.96. The van der Waals surface area contributed by atoms with Crippen LogP contribution in [0.2, 0.25) is 0 Å². The lowest BCUT2D eigenvalue weighted by molar-refractivity contribution is -0.120. The summed E-state index contributed by atoms with van der Waals surface area (Å²) in [5.41, 5.74) is 0. The van der Waals surface area contributed by atoms with E-state index in [4.69, 9.17) is 4.42 Å². The van der Waals surface area contributed by atoms with Crippen LogP contribution in [0.1, 0.15) is 25.6 Å². The van der Waals surface area contributed by atoms with Gasteiger partial charge in [-0.05, 0) is 41.9 Å². The van der Waals surface area contributed by atoms with Crippen molar-refractivity contribution in [1.82, 2.24) is 10.6 Å². The number of hydrogen-bond acceptors (Lipinski definition) is 3. The summed E-state index contributed by atoms with van der Waals surface area (Å²) in [5, 5.41) is 5.79. The first-order valence-corrected chi connectivity index (χ1v) is 5.68. The summed E-state index contributed by atoms with van der Waals surface area (Å²) in [5.74, 6) is 0.807. The summed E-state index contributed by atoms with van der Waals surface area (Å²) in [6, 6.07) is 3.73. The highest BCUT2D eigenvalue weighted by Gasteiger charge is 2.10. The number of likely N-dealkylation sites (N-methyl/N-ethyl adjacent to an activating group) is 1. The first kappa shape index (κ1) is 12.3. The van der Waals surface area contributed by atoms with Crippen LogP contribution in [0.5, 0.6) is 0 Å². The van der Waals surface area contributed by atoms with E-state index in [9.17, 15) is 4.79 Å². The Morgan fingerprint density at radius 1 is 1.60 bits per heavy atom. The SMILES string of the molecule is CCNC(=O)CNC(C)c1ccc(Br)o1. The van der Waals surface area contributed by atoms with Gasteiger partial charge in [0.05, 0.1) is 12.6 Å². The summed E-state index contributed by atoms with van der Waals surface area (Å²) in [6.45, 7) is 4.80. The molecule has 1 aromatic rings. The van der Waals surface area contributed by atoms with E-state index >= 15 is 0 Å². The molecule has 0 aliphatic carbocycles. The second kappa shape index (κ2) is 5.92. The van der Waals surface area contributed by atoms with Crippen LogP contribution in [0.25, 0.3) is 0 Å². The van der Waals surface area contributed by atoms with E-state index in [0.29, 0.717) is 17.8 Å². The number of nitrogens with one attached hydrogen (secondary N) is 2. The predicted molar refractivity (Wildman–Crippen MR) is 61.5 cm³/mol. The van der Waals surface area contributed by atoms with E-state index in [0.717, 1.165) is 5.76 Å². The Morgan fingerprint density at radius 3 is 2.87 bits per heavy atom. The first-order valence-electron chi connectivity index (χ1n) is 4.88. The number of carbonyl (C=O) groups excluding carboxylic acids is 1. The molecule has 0 fully saturated rings. The van der Waals surface area contributed by atoms with Gasteiger partial charge in [0.2, 0.25) is 5.91 Å². The fraction of sp³-hybridized carbons (Fsp3) is 0.500. The molecule has 0 bridgehead atoms. The number of furan rings is 1. The lowest BCUT2D eigenvalue weighted by Crippen LogP contribution is -2.34. The zero-order valence-electron chi connectivity index (χ0n) is 8.84. The topological polar surface area (TPSA) is 54.3 Å². The predicted octanol–water partition coefficient (Wildman–Crippen LogP) is 1.83. The molecule has 1 aromatic heterocycles. The number of halogens is 1.